The molecule has 0 aliphatic rings. The number of carbonyl (C=O) groups excluding carboxylic acids is 2. The summed E-state index contributed by atoms with van der Waals surface area (Å²) in [6.45, 7) is 12.3. The van der Waals surface area contributed by atoms with Crippen molar-refractivity contribution in [1.29, 1.82) is 0 Å². The van der Waals surface area contributed by atoms with Crippen molar-refractivity contribution in [2.24, 2.45) is 0 Å². The molecule has 0 saturated heterocycles. The van der Waals surface area contributed by atoms with Crippen LogP contribution in [0.1, 0.15) is 68.1 Å². The fourth-order valence-corrected chi connectivity index (χ4v) is 3.14. The molecule has 0 saturated carbocycles. The molecule has 5 heteroatoms. The Morgan fingerprint density at radius 1 is 1.03 bits per heavy atom. The second kappa shape index (κ2) is 9.79. The molecule has 0 unspecified atom stereocenters. The molecule has 0 aliphatic heterocycles. The first-order valence-corrected chi connectivity index (χ1v) is 10.4. The van der Waals surface area contributed by atoms with Crippen LogP contribution in [-0.4, -0.2) is 25.7 Å². The van der Waals surface area contributed by atoms with Gasteiger partial charge in [-0.1, -0.05) is 52.3 Å². The normalized spacial score (nSPS) is 11.2. The average Bonchev–Trinajstić information content (AvgIpc) is 2.68. The van der Waals surface area contributed by atoms with Crippen molar-refractivity contribution < 1.29 is 19.1 Å². The Balaban J connectivity index is 2.44. The van der Waals surface area contributed by atoms with Crippen molar-refractivity contribution in [3.63, 3.8) is 0 Å². The highest BCUT2D eigenvalue weighted by molar-refractivity contribution is 5.94. The first-order chi connectivity index (χ1) is 14.1. The largest absolute Gasteiger partial charge is 0.449 e. The lowest BCUT2D eigenvalue weighted by molar-refractivity contribution is 0.0733. The van der Waals surface area contributed by atoms with Gasteiger partial charge in [-0.05, 0) is 60.6 Å². The molecule has 0 N–H and O–H groups in total. The second-order valence-electron chi connectivity index (χ2n) is 8.49. The Labute approximate surface area is 180 Å². The first-order valence-electron chi connectivity index (χ1n) is 10.4. The van der Waals surface area contributed by atoms with E-state index in [1.807, 2.05) is 31.2 Å². The zero-order valence-corrected chi connectivity index (χ0v) is 19.2. The van der Waals surface area contributed by atoms with Gasteiger partial charge in [0.25, 0.3) is 0 Å². The number of carbonyl (C=O) groups is 2. The third-order valence-electron chi connectivity index (χ3n) is 4.95. The fraction of sp³-hybridized carbons (Fsp3) is 0.440. The van der Waals surface area contributed by atoms with Crippen LogP contribution < -0.4 is 9.64 Å². The van der Waals surface area contributed by atoms with Crippen LogP contribution in [0.5, 0.6) is 5.75 Å². The summed E-state index contributed by atoms with van der Waals surface area (Å²) in [5.41, 5.74) is 3.85. The van der Waals surface area contributed by atoms with Gasteiger partial charge in [0, 0.05) is 7.05 Å². The number of benzene rings is 2. The smallest absolute Gasteiger partial charge is 0.414 e. The van der Waals surface area contributed by atoms with Crippen molar-refractivity contribution in [2.75, 3.05) is 18.6 Å². The molecule has 0 aromatic heterocycles. The van der Waals surface area contributed by atoms with Crippen LogP contribution in [0.15, 0.2) is 36.4 Å². The van der Waals surface area contributed by atoms with Crippen LogP contribution in [0.4, 0.5) is 10.5 Å². The van der Waals surface area contributed by atoms with E-state index in [9.17, 15) is 9.59 Å². The van der Waals surface area contributed by atoms with E-state index in [1.54, 1.807) is 26.1 Å². The maximum absolute atomic E-state index is 12.8. The molecule has 30 heavy (non-hydrogen) atoms. The van der Waals surface area contributed by atoms with Gasteiger partial charge in [-0.2, -0.15) is 0 Å². The number of rotatable bonds is 6. The summed E-state index contributed by atoms with van der Waals surface area (Å²) >= 11 is 0. The summed E-state index contributed by atoms with van der Waals surface area (Å²) in [4.78, 5) is 26.6. The highest BCUT2D eigenvalue weighted by atomic mass is 16.6. The lowest BCUT2D eigenvalue weighted by Crippen LogP contribution is -2.28. The van der Waals surface area contributed by atoms with Crippen LogP contribution in [0.2, 0.25) is 0 Å². The van der Waals surface area contributed by atoms with Gasteiger partial charge in [-0.15, -0.1) is 0 Å². The Kier molecular flexibility index (Phi) is 7.65. The number of esters is 1. The van der Waals surface area contributed by atoms with Crippen LogP contribution in [0.3, 0.4) is 0 Å². The molecule has 0 fully saturated rings. The van der Waals surface area contributed by atoms with E-state index in [0.29, 0.717) is 17.0 Å². The van der Waals surface area contributed by atoms with Gasteiger partial charge in [-0.3, -0.25) is 4.90 Å². The molecule has 162 valence electrons. The van der Waals surface area contributed by atoms with E-state index >= 15 is 0 Å². The SMILES string of the molecule is CCCc1ccc(C(=O)Oc2c(C)cc(C(C)(C)C)cc2N(C)C(=O)OCC)cc1. The van der Waals surface area contributed by atoms with Gasteiger partial charge in [0.05, 0.1) is 17.9 Å². The van der Waals surface area contributed by atoms with Crippen molar-refractivity contribution in [1.82, 2.24) is 0 Å². The number of hydrogen-bond donors (Lipinski definition) is 0. The van der Waals surface area contributed by atoms with E-state index in [4.69, 9.17) is 9.47 Å². The van der Waals surface area contributed by atoms with Crippen molar-refractivity contribution in [3.8, 4) is 5.75 Å². The Morgan fingerprint density at radius 2 is 1.67 bits per heavy atom. The molecule has 0 atom stereocenters. The number of hydrogen-bond acceptors (Lipinski definition) is 4. The highest BCUT2D eigenvalue weighted by Gasteiger charge is 2.25. The standard InChI is InChI=1S/C25H33NO4/c1-8-10-18-11-13-19(14-12-18)23(27)30-22-17(3)15-20(25(4,5)6)16-21(22)26(7)24(28)29-9-2/h11-16H,8-10H2,1-7H3. The Bertz CT molecular complexity index is 895. The lowest BCUT2D eigenvalue weighted by Gasteiger charge is -2.26. The van der Waals surface area contributed by atoms with Gasteiger partial charge in [-0.25, -0.2) is 9.59 Å². The van der Waals surface area contributed by atoms with Gasteiger partial charge < -0.3 is 9.47 Å². The second-order valence-corrected chi connectivity index (χ2v) is 8.49. The Hall–Kier alpha value is -2.82. The molecular formula is C25H33NO4. The van der Waals surface area contributed by atoms with Crippen LogP contribution >= 0.6 is 0 Å². The molecule has 0 aliphatic carbocycles. The minimum Gasteiger partial charge on any atom is -0.449 e. The fourth-order valence-electron chi connectivity index (χ4n) is 3.14. The van der Waals surface area contributed by atoms with Crippen molar-refractivity contribution in [3.05, 3.63) is 58.7 Å². The van der Waals surface area contributed by atoms with Crippen molar-refractivity contribution >= 4 is 17.7 Å². The summed E-state index contributed by atoms with van der Waals surface area (Å²) in [5, 5.41) is 0. The lowest BCUT2D eigenvalue weighted by atomic mass is 9.85. The summed E-state index contributed by atoms with van der Waals surface area (Å²) < 4.78 is 10.9. The van der Waals surface area contributed by atoms with Crippen LogP contribution in [0, 0.1) is 6.92 Å². The Morgan fingerprint density at radius 3 is 2.20 bits per heavy atom. The quantitative estimate of drug-likeness (QED) is 0.428. The van der Waals surface area contributed by atoms with E-state index in [0.717, 1.165) is 24.0 Å². The number of ether oxygens (including phenoxy) is 2. The summed E-state index contributed by atoms with van der Waals surface area (Å²) in [7, 11) is 1.62. The van der Waals surface area contributed by atoms with Gasteiger partial charge in [0.15, 0.2) is 5.75 Å². The van der Waals surface area contributed by atoms with Crippen LogP contribution in [-0.2, 0) is 16.6 Å². The van der Waals surface area contributed by atoms with Gasteiger partial charge in [0.1, 0.15) is 0 Å². The number of amides is 1. The predicted molar refractivity (Wildman–Crippen MR) is 121 cm³/mol. The molecule has 0 heterocycles. The maximum Gasteiger partial charge on any atom is 0.414 e. The summed E-state index contributed by atoms with van der Waals surface area (Å²) in [6, 6.07) is 11.3. The molecule has 0 bridgehead atoms. The third-order valence-corrected chi connectivity index (χ3v) is 4.95. The van der Waals surface area contributed by atoms with E-state index in [1.165, 1.54) is 10.5 Å². The van der Waals surface area contributed by atoms with Gasteiger partial charge >= 0.3 is 12.1 Å². The molecule has 0 radical (unpaired) electrons. The minimum atomic E-state index is -0.496. The average molecular weight is 412 g/mol. The zero-order valence-electron chi connectivity index (χ0n) is 19.2. The number of anilines is 1. The zero-order chi connectivity index (χ0) is 22.5. The summed E-state index contributed by atoms with van der Waals surface area (Å²) in [6.07, 6.45) is 1.52. The minimum absolute atomic E-state index is 0.132. The van der Waals surface area contributed by atoms with Crippen molar-refractivity contribution in [2.45, 2.75) is 59.8 Å². The van der Waals surface area contributed by atoms with E-state index in [-0.39, 0.29) is 12.0 Å². The number of aryl methyl sites for hydroxylation is 2. The predicted octanol–water partition coefficient (Wildman–Crippen LogP) is 6.06. The highest BCUT2D eigenvalue weighted by Crippen LogP contribution is 2.37. The molecule has 1 amide bonds. The molecule has 5 nitrogen and oxygen atoms in total. The van der Waals surface area contributed by atoms with Gasteiger partial charge in [0.2, 0.25) is 0 Å². The first kappa shape index (κ1) is 23.5. The third kappa shape index (κ3) is 5.62. The van der Waals surface area contributed by atoms with Crippen LogP contribution in [0.25, 0.3) is 0 Å². The number of nitrogens with zero attached hydrogens (tertiary/aromatic N) is 1. The molecule has 2 rings (SSSR count). The molecular weight excluding hydrogens is 378 g/mol. The topological polar surface area (TPSA) is 55.8 Å². The maximum atomic E-state index is 12.8. The summed E-state index contributed by atoms with van der Waals surface area (Å²) in [5.74, 6) is -0.0932. The monoisotopic (exact) mass is 411 g/mol. The van der Waals surface area contributed by atoms with E-state index in [2.05, 4.69) is 27.7 Å². The molecule has 2 aromatic carbocycles. The molecule has 2 aromatic rings. The molecule has 0 spiro atoms. The van der Waals surface area contributed by atoms with E-state index < -0.39 is 12.1 Å².